The molecule has 0 unspecified atom stereocenters. The SMILES string of the molecule is CCNc1nc(Br)ccc1N. The lowest BCUT2D eigenvalue weighted by Crippen LogP contribution is -2.02. The summed E-state index contributed by atoms with van der Waals surface area (Å²) in [7, 11) is 0. The van der Waals surface area contributed by atoms with Crippen molar-refractivity contribution in [3.8, 4) is 0 Å². The smallest absolute Gasteiger partial charge is 0.150 e. The van der Waals surface area contributed by atoms with E-state index in [4.69, 9.17) is 5.73 Å². The Balaban J connectivity index is 2.93. The number of hydrogen-bond acceptors (Lipinski definition) is 3. The number of nitrogens with one attached hydrogen (secondary N) is 1. The summed E-state index contributed by atoms with van der Waals surface area (Å²) in [6, 6.07) is 3.63. The molecule has 1 rings (SSSR count). The second-order valence-electron chi connectivity index (χ2n) is 2.10. The van der Waals surface area contributed by atoms with Crippen LogP contribution in [0, 0.1) is 0 Å². The summed E-state index contributed by atoms with van der Waals surface area (Å²) < 4.78 is 0.794. The molecule has 4 heteroatoms. The Bertz CT molecular complexity index is 249. The molecule has 0 spiro atoms. The van der Waals surface area contributed by atoms with Crippen molar-refractivity contribution in [1.82, 2.24) is 4.98 Å². The van der Waals surface area contributed by atoms with Crippen molar-refractivity contribution in [3.63, 3.8) is 0 Å². The predicted octanol–water partition coefficient (Wildman–Crippen LogP) is 1.86. The van der Waals surface area contributed by atoms with Crippen LogP contribution in [0.1, 0.15) is 6.92 Å². The molecule has 3 nitrogen and oxygen atoms in total. The average molecular weight is 216 g/mol. The van der Waals surface area contributed by atoms with Crippen LogP contribution >= 0.6 is 15.9 Å². The van der Waals surface area contributed by atoms with Crippen molar-refractivity contribution < 1.29 is 0 Å². The first-order chi connectivity index (χ1) is 5.24. The Morgan fingerprint density at radius 2 is 2.36 bits per heavy atom. The molecular formula is C7H10BrN3. The van der Waals surface area contributed by atoms with Crippen LogP contribution in [0.4, 0.5) is 11.5 Å². The van der Waals surface area contributed by atoms with E-state index in [1.54, 1.807) is 0 Å². The maximum absolute atomic E-state index is 5.63. The normalized spacial score (nSPS) is 9.64. The molecule has 0 aliphatic carbocycles. The van der Waals surface area contributed by atoms with Crippen LogP contribution in [0.2, 0.25) is 0 Å². The Kier molecular flexibility index (Phi) is 2.70. The first-order valence-electron chi connectivity index (χ1n) is 3.40. The average Bonchev–Trinajstić information content (AvgIpc) is 1.98. The number of nitrogens with zero attached hydrogens (tertiary/aromatic N) is 1. The van der Waals surface area contributed by atoms with Gasteiger partial charge in [-0.15, -0.1) is 0 Å². The minimum atomic E-state index is 0.676. The van der Waals surface area contributed by atoms with Crippen LogP contribution in [0.5, 0.6) is 0 Å². The number of hydrogen-bond donors (Lipinski definition) is 2. The molecule has 0 aromatic carbocycles. The van der Waals surface area contributed by atoms with Crippen LogP contribution in [-0.2, 0) is 0 Å². The third-order valence-electron chi connectivity index (χ3n) is 1.24. The highest BCUT2D eigenvalue weighted by Crippen LogP contribution is 2.17. The quantitative estimate of drug-likeness (QED) is 0.741. The number of rotatable bonds is 2. The van der Waals surface area contributed by atoms with Crippen molar-refractivity contribution in [2.24, 2.45) is 0 Å². The highest BCUT2D eigenvalue weighted by molar-refractivity contribution is 9.10. The van der Waals surface area contributed by atoms with Crippen molar-refractivity contribution in [1.29, 1.82) is 0 Å². The topological polar surface area (TPSA) is 50.9 Å². The number of halogens is 1. The maximum Gasteiger partial charge on any atom is 0.150 e. The van der Waals surface area contributed by atoms with E-state index in [0.29, 0.717) is 5.69 Å². The van der Waals surface area contributed by atoms with Crippen LogP contribution in [0.3, 0.4) is 0 Å². The molecule has 0 saturated heterocycles. The summed E-state index contributed by atoms with van der Waals surface area (Å²) in [6.07, 6.45) is 0. The summed E-state index contributed by atoms with van der Waals surface area (Å²) in [4.78, 5) is 4.14. The summed E-state index contributed by atoms with van der Waals surface area (Å²) in [5.74, 6) is 0.738. The summed E-state index contributed by atoms with van der Waals surface area (Å²) in [5.41, 5.74) is 6.31. The molecule has 1 heterocycles. The molecule has 1 aromatic heterocycles. The first kappa shape index (κ1) is 8.33. The van der Waals surface area contributed by atoms with E-state index in [1.165, 1.54) is 0 Å². The van der Waals surface area contributed by atoms with Gasteiger partial charge in [-0.1, -0.05) is 0 Å². The van der Waals surface area contributed by atoms with Crippen molar-refractivity contribution >= 4 is 27.4 Å². The Morgan fingerprint density at radius 1 is 1.64 bits per heavy atom. The van der Waals surface area contributed by atoms with Gasteiger partial charge in [0.1, 0.15) is 4.60 Å². The molecule has 0 radical (unpaired) electrons. The fourth-order valence-corrected chi connectivity index (χ4v) is 1.06. The monoisotopic (exact) mass is 215 g/mol. The molecule has 0 amide bonds. The van der Waals surface area contributed by atoms with Gasteiger partial charge in [-0.2, -0.15) is 0 Å². The van der Waals surface area contributed by atoms with Crippen LogP contribution in [0.25, 0.3) is 0 Å². The molecule has 0 saturated carbocycles. The van der Waals surface area contributed by atoms with E-state index in [2.05, 4.69) is 26.2 Å². The minimum Gasteiger partial charge on any atom is -0.396 e. The standard InChI is InChI=1S/C7H10BrN3/c1-2-10-7-5(9)3-4-6(8)11-7/h3-4H,2,9H2,1H3,(H,10,11). The van der Waals surface area contributed by atoms with Gasteiger partial charge < -0.3 is 11.1 Å². The highest BCUT2D eigenvalue weighted by atomic mass is 79.9. The van der Waals surface area contributed by atoms with E-state index in [0.717, 1.165) is 17.0 Å². The van der Waals surface area contributed by atoms with Crippen molar-refractivity contribution in [3.05, 3.63) is 16.7 Å². The van der Waals surface area contributed by atoms with Gasteiger partial charge in [-0.05, 0) is 35.0 Å². The predicted molar refractivity (Wildman–Crippen MR) is 50.5 cm³/mol. The van der Waals surface area contributed by atoms with Gasteiger partial charge in [0.25, 0.3) is 0 Å². The molecule has 0 atom stereocenters. The minimum absolute atomic E-state index is 0.676. The van der Waals surface area contributed by atoms with Crippen LogP contribution < -0.4 is 11.1 Å². The lowest BCUT2D eigenvalue weighted by Gasteiger charge is -2.04. The summed E-state index contributed by atoms with van der Waals surface area (Å²) >= 11 is 3.26. The van der Waals surface area contributed by atoms with Crippen molar-refractivity contribution in [2.75, 3.05) is 17.6 Å². The van der Waals surface area contributed by atoms with Crippen molar-refractivity contribution in [2.45, 2.75) is 6.92 Å². The lowest BCUT2D eigenvalue weighted by molar-refractivity contribution is 1.15. The molecule has 3 N–H and O–H groups in total. The van der Waals surface area contributed by atoms with E-state index >= 15 is 0 Å². The molecule has 0 aliphatic heterocycles. The van der Waals surface area contributed by atoms with Gasteiger partial charge in [-0.3, -0.25) is 0 Å². The van der Waals surface area contributed by atoms with Gasteiger partial charge >= 0.3 is 0 Å². The lowest BCUT2D eigenvalue weighted by atomic mass is 10.4. The zero-order valence-electron chi connectivity index (χ0n) is 6.26. The zero-order chi connectivity index (χ0) is 8.27. The number of anilines is 2. The number of nitrogen functional groups attached to an aromatic ring is 1. The molecule has 11 heavy (non-hydrogen) atoms. The molecule has 0 bridgehead atoms. The number of aromatic nitrogens is 1. The third-order valence-corrected chi connectivity index (χ3v) is 1.68. The van der Waals surface area contributed by atoms with Gasteiger partial charge in [-0.25, -0.2) is 4.98 Å². The summed E-state index contributed by atoms with van der Waals surface area (Å²) in [5, 5.41) is 3.05. The Labute approximate surface area is 74.1 Å². The van der Waals surface area contributed by atoms with E-state index in [9.17, 15) is 0 Å². The molecule has 0 fully saturated rings. The molecule has 60 valence electrons. The Morgan fingerprint density at radius 3 is 3.00 bits per heavy atom. The number of nitrogens with two attached hydrogens (primary N) is 1. The maximum atomic E-state index is 5.63. The van der Waals surface area contributed by atoms with E-state index in [-0.39, 0.29) is 0 Å². The molecule has 1 aromatic rings. The van der Waals surface area contributed by atoms with E-state index < -0.39 is 0 Å². The first-order valence-corrected chi connectivity index (χ1v) is 4.19. The van der Waals surface area contributed by atoms with Crippen LogP contribution in [-0.4, -0.2) is 11.5 Å². The van der Waals surface area contributed by atoms with Gasteiger partial charge in [0, 0.05) is 6.54 Å². The Hall–Kier alpha value is -0.770. The second kappa shape index (κ2) is 3.57. The van der Waals surface area contributed by atoms with E-state index in [1.807, 2.05) is 19.1 Å². The van der Waals surface area contributed by atoms with Gasteiger partial charge in [0.05, 0.1) is 5.69 Å². The third kappa shape index (κ3) is 2.08. The number of pyridine rings is 1. The van der Waals surface area contributed by atoms with Gasteiger partial charge in [0.2, 0.25) is 0 Å². The molecular weight excluding hydrogens is 206 g/mol. The summed E-state index contributed by atoms with van der Waals surface area (Å²) in [6.45, 7) is 2.83. The van der Waals surface area contributed by atoms with Gasteiger partial charge in [0.15, 0.2) is 5.82 Å². The molecule has 0 aliphatic rings. The fraction of sp³-hybridized carbons (Fsp3) is 0.286. The largest absolute Gasteiger partial charge is 0.396 e. The highest BCUT2D eigenvalue weighted by Gasteiger charge is 1.98. The zero-order valence-corrected chi connectivity index (χ0v) is 7.85. The fourth-order valence-electron chi connectivity index (χ4n) is 0.755. The van der Waals surface area contributed by atoms with Crippen LogP contribution in [0.15, 0.2) is 16.7 Å². The second-order valence-corrected chi connectivity index (χ2v) is 2.91.